The van der Waals surface area contributed by atoms with Crippen molar-refractivity contribution in [3.63, 3.8) is 0 Å². The topological polar surface area (TPSA) is 74.2 Å². The molecule has 0 aliphatic rings. The van der Waals surface area contributed by atoms with E-state index < -0.39 is 0 Å². The maximum absolute atomic E-state index is 12.5. The van der Waals surface area contributed by atoms with Crippen molar-refractivity contribution in [3.05, 3.63) is 77.4 Å². The van der Waals surface area contributed by atoms with Crippen molar-refractivity contribution in [2.45, 2.75) is 20.3 Å². The predicted molar refractivity (Wildman–Crippen MR) is 131 cm³/mol. The molecule has 3 N–H and O–H groups in total. The quantitative estimate of drug-likeness (QED) is 0.278. The van der Waals surface area contributed by atoms with Crippen molar-refractivity contribution in [1.29, 1.82) is 0 Å². The van der Waals surface area contributed by atoms with Crippen molar-refractivity contribution in [2.24, 2.45) is 0 Å². The Morgan fingerprint density at radius 1 is 1.13 bits per heavy atom. The predicted octanol–water partition coefficient (Wildman–Crippen LogP) is 5.67. The van der Waals surface area contributed by atoms with Crippen LogP contribution in [0.3, 0.4) is 0 Å². The van der Waals surface area contributed by atoms with Crippen LogP contribution in [-0.4, -0.2) is 21.1 Å². The van der Waals surface area contributed by atoms with Crippen molar-refractivity contribution >= 4 is 50.5 Å². The normalized spacial score (nSPS) is 10.8. The van der Waals surface area contributed by atoms with Gasteiger partial charge >= 0.3 is 0 Å². The van der Waals surface area contributed by atoms with Gasteiger partial charge in [-0.05, 0) is 73.1 Å². The summed E-state index contributed by atoms with van der Waals surface area (Å²) in [6.45, 7) is 3.88. The number of benzene rings is 3. The highest BCUT2D eigenvalue weighted by molar-refractivity contribution is 7.80. The number of nitrogens with one attached hydrogen (secondary N) is 2. The van der Waals surface area contributed by atoms with Crippen molar-refractivity contribution in [3.8, 4) is 16.3 Å². The van der Waals surface area contributed by atoms with Crippen LogP contribution in [0.5, 0.6) is 5.75 Å². The SMILES string of the molecule is CCc1ccc(C(=O)NC(=S)Nc2cc(C)c(O)c(-c3nc4ccccc4s3)c2)cc1. The molecule has 0 unspecified atom stereocenters. The molecular weight excluding hydrogens is 426 g/mol. The molecule has 0 fully saturated rings. The lowest BCUT2D eigenvalue weighted by Crippen LogP contribution is -2.34. The summed E-state index contributed by atoms with van der Waals surface area (Å²) < 4.78 is 1.05. The van der Waals surface area contributed by atoms with Crippen molar-refractivity contribution in [2.75, 3.05) is 5.32 Å². The van der Waals surface area contributed by atoms with Gasteiger partial charge in [0.05, 0.1) is 15.8 Å². The zero-order chi connectivity index (χ0) is 22.0. The summed E-state index contributed by atoms with van der Waals surface area (Å²) in [6, 6.07) is 18.8. The lowest BCUT2D eigenvalue weighted by atomic mass is 10.1. The fraction of sp³-hybridized carbons (Fsp3) is 0.125. The largest absolute Gasteiger partial charge is 0.507 e. The molecule has 7 heteroatoms. The van der Waals surface area contributed by atoms with Crippen LogP contribution in [0.2, 0.25) is 0 Å². The lowest BCUT2D eigenvalue weighted by Gasteiger charge is -2.13. The molecule has 0 saturated carbocycles. The second-order valence-electron chi connectivity index (χ2n) is 7.13. The molecule has 3 aromatic carbocycles. The van der Waals surface area contributed by atoms with Crippen LogP contribution >= 0.6 is 23.6 Å². The summed E-state index contributed by atoms with van der Waals surface area (Å²) in [5, 5.41) is 17.3. The fourth-order valence-corrected chi connectivity index (χ4v) is 4.42. The van der Waals surface area contributed by atoms with E-state index in [1.807, 2.05) is 43.3 Å². The Morgan fingerprint density at radius 3 is 2.58 bits per heavy atom. The molecule has 1 heterocycles. The number of aromatic nitrogens is 1. The molecule has 0 bridgehead atoms. The highest BCUT2D eigenvalue weighted by atomic mass is 32.1. The Labute approximate surface area is 189 Å². The number of anilines is 1. The zero-order valence-corrected chi connectivity index (χ0v) is 18.7. The maximum Gasteiger partial charge on any atom is 0.257 e. The number of aromatic hydroxyl groups is 1. The number of amides is 1. The second kappa shape index (κ2) is 8.83. The minimum absolute atomic E-state index is 0.176. The molecular formula is C24H21N3O2S2. The van der Waals surface area contributed by atoms with E-state index in [1.54, 1.807) is 24.3 Å². The Kier molecular flexibility index (Phi) is 5.97. The van der Waals surface area contributed by atoms with Gasteiger partial charge in [-0.1, -0.05) is 31.2 Å². The summed E-state index contributed by atoms with van der Waals surface area (Å²) in [5.74, 6) is -0.0994. The number of rotatable bonds is 4. The standard InChI is InChI=1S/C24H21N3O2S2/c1-3-15-8-10-16(11-9-15)22(29)27-24(30)25-17-12-14(2)21(28)18(13-17)23-26-19-6-4-5-7-20(19)31-23/h4-13,28H,3H2,1-2H3,(H2,25,27,29,30). The van der Waals surface area contributed by atoms with E-state index in [0.717, 1.165) is 21.6 Å². The second-order valence-corrected chi connectivity index (χ2v) is 8.57. The van der Waals surface area contributed by atoms with Gasteiger partial charge in [0.25, 0.3) is 5.91 Å². The number of nitrogens with zero attached hydrogens (tertiary/aromatic N) is 1. The van der Waals surface area contributed by atoms with Crippen LogP contribution in [-0.2, 0) is 6.42 Å². The first-order chi connectivity index (χ1) is 14.9. The van der Waals surface area contributed by atoms with Gasteiger partial charge in [0.15, 0.2) is 5.11 Å². The molecule has 1 amide bonds. The molecule has 0 radical (unpaired) electrons. The van der Waals surface area contributed by atoms with E-state index in [1.165, 1.54) is 16.9 Å². The fourth-order valence-electron chi connectivity index (χ4n) is 3.23. The number of aryl methyl sites for hydroxylation is 2. The third kappa shape index (κ3) is 4.57. The van der Waals surface area contributed by atoms with Gasteiger partial charge < -0.3 is 10.4 Å². The molecule has 0 atom stereocenters. The molecule has 0 spiro atoms. The summed E-state index contributed by atoms with van der Waals surface area (Å²) in [4.78, 5) is 17.1. The summed E-state index contributed by atoms with van der Waals surface area (Å²) in [6.07, 6.45) is 0.916. The molecule has 4 rings (SSSR count). The van der Waals surface area contributed by atoms with Gasteiger partial charge in [-0.3, -0.25) is 10.1 Å². The van der Waals surface area contributed by atoms with Gasteiger partial charge in [-0.2, -0.15) is 0 Å². The van der Waals surface area contributed by atoms with Gasteiger partial charge in [0.2, 0.25) is 0 Å². The van der Waals surface area contributed by atoms with E-state index in [2.05, 4.69) is 22.5 Å². The maximum atomic E-state index is 12.5. The lowest BCUT2D eigenvalue weighted by molar-refractivity contribution is 0.0977. The Hall–Kier alpha value is -3.29. The van der Waals surface area contributed by atoms with Gasteiger partial charge in [0.1, 0.15) is 10.8 Å². The Bertz CT molecular complexity index is 1250. The van der Waals surface area contributed by atoms with E-state index in [-0.39, 0.29) is 16.8 Å². The van der Waals surface area contributed by atoms with Crippen LogP contribution in [0, 0.1) is 6.92 Å². The van der Waals surface area contributed by atoms with Gasteiger partial charge in [-0.25, -0.2) is 4.98 Å². The Morgan fingerprint density at radius 2 is 1.87 bits per heavy atom. The van der Waals surface area contributed by atoms with E-state index in [0.29, 0.717) is 22.4 Å². The summed E-state index contributed by atoms with van der Waals surface area (Å²) in [7, 11) is 0. The molecule has 31 heavy (non-hydrogen) atoms. The number of thiazole rings is 1. The first-order valence-corrected chi connectivity index (χ1v) is 11.1. The number of para-hydroxylation sites is 1. The number of fused-ring (bicyclic) bond motifs is 1. The molecule has 1 aromatic heterocycles. The number of phenolic OH excluding ortho intramolecular Hbond substituents is 1. The molecule has 0 aliphatic carbocycles. The van der Waals surface area contributed by atoms with Crippen LogP contribution < -0.4 is 10.6 Å². The number of hydrogen-bond donors (Lipinski definition) is 3. The molecule has 0 aliphatic heterocycles. The van der Waals surface area contributed by atoms with E-state index in [4.69, 9.17) is 12.2 Å². The molecule has 5 nitrogen and oxygen atoms in total. The molecule has 156 valence electrons. The monoisotopic (exact) mass is 447 g/mol. The van der Waals surface area contributed by atoms with Gasteiger partial charge in [-0.15, -0.1) is 11.3 Å². The van der Waals surface area contributed by atoms with Crippen molar-refractivity contribution < 1.29 is 9.90 Å². The highest BCUT2D eigenvalue weighted by Gasteiger charge is 2.15. The van der Waals surface area contributed by atoms with Crippen LogP contribution in [0.4, 0.5) is 5.69 Å². The van der Waals surface area contributed by atoms with Crippen LogP contribution in [0.15, 0.2) is 60.7 Å². The number of phenols is 1. The smallest absolute Gasteiger partial charge is 0.257 e. The Balaban J connectivity index is 1.54. The number of carbonyl (C=O) groups is 1. The third-order valence-corrected chi connectivity index (χ3v) is 6.21. The first-order valence-electron chi connectivity index (χ1n) is 9.85. The van der Waals surface area contributed by atoms with Gasteiger partial charge in [0, 0.05) is 11.3 Å². The van der Waals surface area contributed by atoms with Crippen molar-refractivity contribution in [1.82, 2.24) is 10.3 Å². The third-order valence-electron chi connectivity index (χ3n) is 4.93. The summed E-state index contributed by atoms with van der Waals surface area (Å²) >= 11 is 6.84. The highest BCUT2D eigenvalue weighted by Crippen LogP contribution is 2.38. The van der Waals surface area contributed by atoms with E-state index in [9.17, 15) is 9.90 Å². The van der Waals surface area contributed by atoms with Crippen LogP contribution in [0.25, 0.3) is 20.8 Å². The first kappa shape index (κ1) is 21.0. The number of carbonyl (C=O) groups excluding carboxylic acids is 1. The zero-order valence-electron chi connectivity index (χ0n) is 17.1. The number of thiocarbonyl (C=S) groups is 1. The average molecular weight is 448 g/mol. The number of hydrogen-bond acceptors (Lipinski definition) is 5. The summed E-state index contributed by atoms with van der Waals surface area (Å²) in [5.41, 5.74) is 4.56. The average Bonchev–Trinajstić information content (AvgIpc) is 3.20. The minimum Gasteiger partial charge on any atom is -0.507 e. The molecule has 0 saturated heterocycles. The van der Waals surface area contributed by atoms with E-state index >= 15 is 0 Å². The molecule has 4 aromatic rings. The minimum atomic E-state index is -0.276. The van der Waals surface area contributed by atoms with Crippen LogP contribution in [0.1, 0.15) is 28.4 Å².